The SMILES string of the molecule is CCOC(=O)c1c(C)c(NS(=O)(=O)c2ccc(NC(C)=O)cc2)c(C)c(C(=O)OCC)c1O. The van der Waals surface area contributed by atoms with E-state index in [0.717, 1.165) is 0 Å². The Morgan fingerprint density at radius 1 is 0.909 bits per heavy atom. The van der Waals surface area contributed by atoms with Crippen LogP contribution in [0.2, 0.25) is 0 Å². The summed E-state index contributed by atoms with van der Waals surface area (Å²) in [6.45, 7) is 7.31. The third kappa shape index (κ3) is 5.61. The molecule has 0 aliphatic carbocycles. The van der Waals surface area contributed by atoms with Crippen molar-refractivity contribution in [3.8, 4) is 5.75 Å². The van der Waals surface area contributed by atoms with Gasteiger partial charge in [0.2, 0.25) is 5.91 Å². The minimum Gasteiger partial charge on any atom is -0.506 e. The van der Waals surface area contributed by atoms with Gasteiger partial charge < -0.3 is 19.9 Å². The zero-order valence-corrected chi connectivity index (χ0v) is 19.8. The van der Waals surface area contributed by atoms with Gasteiger partial charge in [-0.3, -0.25) is 9.52 Å². The number of phenolic OH excluding ortho intramolecular Hbond substituents is 1. The molecule has 0 aliphatic rings. The first-order chi connectivity index (χ1) is 15.4. The predicted molar refractivity (Wildman–Crippen MR) is 121 cm³/mol. The van der Waals surface area contributed by atoms with Crippen LogP contribution in [0.3, 0.4) is 0 Å². The van der Waals surface area contributed by atoms with E-state index in [-0.39, 0.29) is 52.0 Å². The lowest BCUT2D eigenvalue weighted by molar-refractivity contribution is -0.114. The van der Waals surface area contributed by atoms with Crippen LogP contribution in [0.5, 0.6) is 5.75 Å². The lowest BCUT2D eigenvalue weighted by atomic mass is 9.95. The van der Waals surface area contributed by atoms with Gasteiger partial charge in [0.1, 0.15) is 16.9 Å². The number of sulfonamides is 1. The summed E-state index contributed by atoms with van der Waals surface area (Å²) >= 11 is 0. The normalized spacial score (nSPS) is 10.9. The van der Waals surface area contributed by atoms with E-state index in [1.807, 2.05) is 0 Å². The third-order valence-electron chi connectivity index (χ3n) is 4.65. The molecule has 1 amide bonds. The number of anilines is 2. The number of amides is 1. The van der Waals surface area contributed by atoms with Crippen LogP contribution in [-0.2, 0) is 24.3 Å². The first-order valence-electron chi connectivity index (χ1n) is 10.0. The van der Waals surface area contributed by atoms with Crippen molar-refractivity contribution in [3.63, 3.8) is 0 Å². The first kappa shape index (κ1) is 25.7. The summed E-state index contributed by atoms with van der Waals surface area (Å²) in [5.74, 6) is -2.79. The summed E-state index contributed by atoms with van der Waals surface area (Å²) < 4.78 is 38.4. The monoisotopic (exact) mass is 478 g/mol. The van der Waals surface area contributed by atoms with Crippen molar-refractivity contribution >= 4 is 39.2 Å². The molecule has 0 bridgehead atoms. The number of hydrogen-bond donors (Lipinski definition) is 3. The van der Waals surface area contributed by atoms with Gasteiger partial charge in [0.25, 0.3) is 10.0 Å². The molecule has 0 saturated heterocycles. The fourth-order valence-electron chi connectivity index (χ4n) is 3.18. The minimum atomic E-state index is -4.17. The van der Waals surface area contributed by atoms with E-state index in [0.29, 0.717) is 5.69 Å². The second-order valence-corrected chi connectivity index (χ2v) is 8.66. The van der Waals surface area contributed by atoms with Crippen LogP contribution >= 0.6 is 0 Å². The molecule has 2 rings (SSSR count). The van der Waals surface area contributed by atoms with Gasteiger partial charge in [0.15, 0.2) is 0 Å². The van der Waals surface area contributed by atoms with Crippen molar-refractivity contribution in [1.29, 1.82) is 0 Å². The average Bonchev–Trinajstić information content (AvgIpc) is 2.71. The number of phenols is 1. The smallest absolute Gasteiger partial charge is 0.342 e. The van der Waals surface area contributed by atoms with Crippen LogP contribution in [0.4, 0.5) is 11.4 Å². The van der Waals surface area contributed by atoms with Crippen molar-refractivity contribution in [1.82, 2.24) is 0 Å². The molecule has 0 fully saturated rings. The van der Waals surface area contributed by atoms with Crippen molar-refractivity contribution < 1.29 is 37.4 Å². The first-order valence-corrected chi connectivity index (χ1v) is 11.5. The van der Waals surface area contributed by atoms with E-state index in [9.17, 15) is 27.9 Å². The van der Waals surface area contributed by atoms with Gasteiger partial charge >= 0.3 is 11.9 Å². The molecule has 2 aromatic carbocycles. The topological polar surface area (TPSA) is 148 Å². The number of nitrogens with one attached hydrogen (secondary N) is 2. The van der Waals surface area contributed by atoms with Crippen LogP contribution < -0.4 is 10.0 Å². The number of benzene rings is 2. The number of esters is 2. The third-order valence-corrected chi connectivity index (χ3v) is 6.02. The van der Waals surface area contributed by atoms with Crippen molar-refractivity contribution in [2.24, 2.45) is 0 Å². The fourth-order valence-corrected chi connectivity index (χ4v) is 4.37. The zero-order chi connectivity index (χ0) is 24.9. The molecule has 3 N–H and O–H groups in total. The Hall–Kier alpha value is -3.60. The number of aromatic hydroxyl groups is 1. The summed E-state index contributed by atoms with van der Waals surface area (Å²) in [7, 11) is -4.17. The predicted octanol–water partition coefficient (Wildman–Crippen LogP) is 3.12. The van der Waals surface area contributed by atoms with Crippen LogP contribution in [0.25, 0.3) is 0 Å². The quantitative estimate of drug-likeness (QED) is 0.387. The van der Waals surface area contributed by atoms with Gasteiger partial charge in [-0.05, 0) is 63.1 Å². The van der Waals surface area contributed by atoms with Gasteiger partial charge in [-0.25, -0.2) is 18.0 Å². The highest BCUT2D eigenvalue weighted by Gasteiger charge is 2.30. The molecular weight excluding hydrogens is 452 g/mol. The molecule has 0 unspecified atom stereocenters. The molecule has 0 aliphatic heterocycles. The Morgan fingerprint density at radius 3 is 1.76 bits per heavy atom. The molecule has 11 heteroatoms. The molecule has 33 heavy (non-hydrogen) atoms. The van der Waals surface area contributed by atoms with Crippen LogP contribution in [0, 0.1) is 13.8 Å². The van der Waals surface area contributed by atoms with Crippen LogP contribution in [-0.4, -0.2) is 44.6 Å². The molecular formula is C22H26N2O8S. The molecule has 0 atom stereocenters. The number of rotatable bonds is 8. The summed E-state index contributed by atoms with van der Waals surface area (Å²) in [6.07, 6.45) is 0. The Morgan fingerprint density at radius 2 is 1.36 bits per heavy atom. The molecule has 0 aromatic heterocycles. The maximum Gasteiger partial charge on any atom is 0.342 e. The van der Waals surface area contributed by atoms with Gasteiger partial charge in [-0.2, -0.15) is 0 Å². The molecule has 0 radical (unpaired) electrons. The Balaban J connectivity index is 2.63. The highest BCUT2D eigenvalue weighted by molar-refractivity contribution is 7.92. The summed E-state index contributed by atoms with van der Waals surface area (Å²) in [5.41, 5.74) is -0.184. The Bertz CT molecular complexity index is 1140. The lowest BCUT2D eigenvalue weighted by Crippen LogP contribution is -2.20. The Labute approximate surface area is 192 Å². The highest BCUT2D eigenvalue weighted by atomic mass is 32.2. The van der Waals surface area contributed by atoms with Gasteiger partial charge in [0, 0.05) is 12.6 Å². The van der Waals surface area contributed by atoms with E-state index in [1.165, 1.54) is 45.0 Å². The lowest BCUT2D eigenvalue weighted by Gasteiger charge is -2.20. The summed E-state index contributed by atoms with van der Waals surface area (Å²) in [6, 6.07) is 5.41. The number of carbonyl (C=O) groups is 3. The second kappa shape index (κ2) is 10.3. The minimum absolute atomic E-state index is 0.00202. The Kier molecular flexibility index (Phi) is 8.04. The van der Waals surface area contributed by atoms with E-state index < -0.39 is 27.7 Å². The van der Waals surface area contributed by atoms with Crippen LogP contribution in [0.1, 0.15) is 52.6 Å². The molecule has 0 spiro atoms. The summed E-state index contributed by atoms with van der Waals surface area (Å²) in [4.78, 5) is 36.0. The van der Waals surface area contributed by atoms with Crippen molar-refractivity contribution in [3.05, 3.63) is 46.5 Å². The maximum absolute atomic E-state index is 13.0. The zero-order valence-electron chi connectivity index (χ0n) is 18.9. The fraction of sp³-hybridized carbons (Fsp3) is 0.318. The van der Waals surface area contributed by atoms with E-state index in [4.69, 9.17) is 9.47 Å². The van der Waals surface area contributed by atoms with Gasteiger partial charge in [0.05, 0.1) is 23.8 Å². The summed E-state index contributed by atoms with van der Waals surface area (Å²) in [5, 5.41) is 13.2. The van der Waals surface area contributed by atoms with Crippen molar-refractivity contribution in [2.45, 2.75) is 39.5 Å². The van der Waals surface area contributed by atoms with Gasteiger partial charge in [-0.1, -0.05) is 0 Å². The molecule has 0 saturated carbocycles. The molecule has 178 valence electrons. The van der Waals surface area contributed by atoms with E-state index in [2.05, 4.69) is 10.0 Å². The second-order valence-electron chi connectivity index (χ2n) is 6.98. The number of carbonyl (C=O) groups excluding carboxylic acids is 3. The van der Waals surface area contributed by atoms with E-state index >= 15 is 0 Å². The molecule has 10 nitrogen and oxygen atoms in total. The van der Waals surface area contributed by atoms with E-state index in [1.54, 1.807) is 13.8 Å². The largest absolute Gasteiger partial charge is 0.506 e. The molecule has 0 heterocycles. The number of hydrogen-bond acceptors (Lipinski definition) is 8. The van der Waals surface area contributed by atoms with Gasteiger partial charge in [-0.15, -0.1) is 0 Å². The average molecular weight is 479 g/mol. The molecule has 2 aromatic rings. The van der Waals surface area contributed by atoms with Crippen molar-refractivity contribution in [2.75, 3.05) is 23.3 Å². The number of ether oxygens (including phenoxy) is 2. The maximum atomic E-state index is 13.0. The standard InChI is InChI=1S/C22H26N2O8S/c1-6-31-21(27)17-12(3)19(13(4)18(20(17)26)22(28)32-7-2)24-33(29,30)16-10-8-15(9-11-16)23-14(5)25/h8-11,24,26H,6-7H2,1-5H3,(H,23,25). The highest BCUT2D eigenvalue weighted by Crippen LogP contribution is 2.38. The van der Waals surface area contributed by atoms with Crippen LogP contribution in [0.15, 0.2) is 29.2 Å².